The van der Waals surface area contributed by atoms with Crippen LogP contribution in [0.2, 0.25) is 0 Å². The molecule has 0 aromatic heterocycles. The van der Waals surface area contributed by atoms with E-state index in [4.69, 9.17) is 9.47 Å². The number of aliphatic hydroxyl groups excluding tert-OH is 1. The molecule has 3 nitrogen and oxygen atoms in total. The number of hydrogen-bond acceptors (Lipinski definition) is 3. The number of aliphatic hydroxyl groups is 1. The third-order valence-electron chi connectivity index (χ3n) is 3.01. The number of rotatable bonds is 5. The van der Waals surface area contributed by atoms with Gasteiger partial charge in [-0.05, 0) is 26.7 Å². The molecule has 84 valence electrons. The van der Waals surface area contributed by atoms with E-state index < -0.39 is 0 Å². The van der Waals surface area contributed by atoms with Crippen molar-refractivity contribution in [2.45, 2.75) is 45.3 Å². The highest BCUT2D eigenvalue weighted by Crippen LogP contribution is 2.20. The van der Waals surface area contributed by atoms with Gasteiger partial charge in [0.05, 0.1) is 24.9 Å². The minimum absolute atomic E-state index is 0.125. The van der Waals surface area contributed by atoms with Crippen LogP contribution in [-0.2, 0) is 9.47 Å². The molecule has 0 amide bonds. The molecule has 0 aliphatic carbocycles. The normalized spacial score (nSPS) is 25.3. The Labute approximate surface area is 86.4 Å². The van der Waals surface area contributed by atoms with Crippen LogP contribution in [-0.4, -0.2) is 36.6 Å². The number of ether oxygens (including phenoxy) is 2. The van der Waals surface area contributed by atoms with Gasteiger partial charge in [0.2, 0.25) is 0 Å². The Balaban J connectivity index is 2.23. The molecule has 1 aliphatic heterocycles. The maximum absolute atomic E-state index is 9.80. The molecule has 0 bridgehead atoms. The van der Waals surface area contributed by atoms with Gasteiger partial charge in [-0.1, -0.05) is 6.92 Å². The predicted octanol–water partition coefficient (Wildman–Crippen LogP) is 1.59. The van der Waals surface area contributed by atoms with E-state index in [1.165, 1.54) is 0 Å². The Morgan fingerprint density at radius 1 is 1.57 bits per heavy atom. The Bertz CT molecular complexity index is 162. The van der Waals surface area contributed by atoms with Gasteiger partial charge < -0.3 is 14.6 Å². The summed E-state index contributed by atoms with van der Waals surface area (Å²) in [6.07, 6.45) is 1.54. The van der Waals surface area contributed by atoms with Gasteiger partial charge >= 0.3 is 0 Å². The molecule has 0 saturated carbocycles. The predicted molar refractivity (Wildman–Crippen MR) is 55.3 cm³/mol. The van der Waals surface area contributed by atoms with Gasteiger partial charge in [-0.2, -0.15) is 0 Å². The minimum Gasteiger partial charge on any atom is -0.390 e. The van der Waals surface area contributed by atoms with Crippen LogP contribution in [0.3, 0.4) is 0 Å². The van der Waals surface area contributed by atoms with Crippen molar-refractivity contribution in [2.75, 3.05) is 19.8 Å². The summed E-state index contributed by atoms with van der Waals surface area (Å²) in [7, 11) is 0. The summed E-state index contributed by atoms with van der Waals surface area (Å²) < 4.78 is 10.9. The lowest BCUT2D eigenvalue weighted by atomic mass is 10.0. The summed E-state index contributed by atoms with van der Waals surface area (Å²) in [5.74, 6) is 0.266. The van der Waals surface area contributed by atoms with Crippen molar-refractivity contribution in [3.05, 3.63) is 0 Å². The highest BCUT2D eigenvalue weighted by Gasteiger charge is 2.26. The maximum atomic E-state index is 9.80. The average Bonchev–Trinajstić information content (AvgIpc) is 2.67. The summed E-state index contributed by atoms with van der Waals surface area (Å²) in [6, 6.07) is 0. The molecule has 0 spiro atoms. The fourth-order valence-electron chi connectivity index (χ4n) is 1.41. The van der Waals surface area contributed by atoms with E-state index in [0.717, 1.165) is 19.4 Å². The first kappa shape index (κ1) is 12.0. The van der Waals surface area contributed by atoms with Crippen molar-refractivity contribution < 1.29 is 14.6 Å². The van der Waals surface area contributed by atoms with Gasteiger partial charge in [-0.15, -0.1) is 0 Å². The smallest absolute Gasteiger partial charge is 0.0824 e. The molecule has 1 rings (SSSR count). The van der Waals surface area contributed by atoms with Crippen molar-refractivity contribution in [2.24, 2.45) is 5.92 Å². The largest absolute Gasteiger partial charge is 0.390 e. The van der Waals surface area contributed by atoms with Crippen molar-refractivity contribution in [3.63, 3.8) is 0 Å². The molecule has 14 heavy (non-hydrogen) atoms. The second-order valence-corrected chi connectivity index (χ2v) is 4.62. The fraction of sp³-hybridized carbons (Fsp3) is 1.00. The summed E-state index contributed by atoms with van der Waals surface area (Å²) in [6.45, 7) is 8.06. The Hall–Kier alpha value is -0.120. The summed E-state index contributed by atoms with van der Waals surface area (Å²) in [5, 5.41) is 9.80. The van der Waals surface area contributed by atoms with Crippen LogP contribution in [0.4, 0.5) is 0 Å². The quantitative estimate of drug-likeness (QED) is 0.735. The molecule has 3 heteroatoms. The lowest BCUT2D eigenvalue weighted by Crippen LogP contribution is -2.32. The van der Waals surface area contributed by atoms with Crippen molar-refractivity contribution >= 4 is 0 Å². The number of hydrogen-bond donors (Lipinski definition) is 1. The van der Waals surface area contributed by atoms with Gasteiger partial charge in [0.15, 0.2) is 0 Å². The lowest BCUT2D eigenvalue weighted by Gasteiger charge is -2.26. The molecule has 2 atom stereocenters. The zero-order valence-electron chi connectivity index (χ0n) is 9.45. The van der Waals surface area contributed by atoms with Crippen LogP contribution in [0.5, 0.6) is 0 Å². The van der Waals surface area contributed by atoms with E-state index in [1.807, 2.05) is 13.8 Å². The highest BCUT2D eigenvalue weighted by atomic mass is 16.5. The van der Waals surface area contributed by atoms with E-state index in [2.05, 4.69) is 6.92 Å². The van der Waals surface area contributed by atoms with Gasteiger partial charge in [-0.3, -0.25) is 0 Å². The Morgan fingerprint density at radius 3 is 2.79 bits per heavy atom. The molecule has 1 N–H and O–H groups in total. The van der Waals surface area contributed by atoms with Crippen LogP contribution < -0.4 is 0 Å². The molecule has 0 radical (unpaired) electrons. The van der Waals surface area contributed by atoms with E-state index in [-0.39, 0.29) is 17.6 Å². The average molecular weight is 202 g/mol. The summed E-state index contributed by atoms with van der Waals surface area (Å²) in [4.78, 5) is 0. The second-order valence-electron chi connectivity index (χ2n) is 4.62. The first-order valence-corrected chi connectivity index (χ1v) is 5.45. The van der Waals surface area contributed by atoms with Crippen molar-refractivity contribution in [1.29, 1.82) is 0 Å². The standard InChI is InChI=1S/C11H22O3/c1-4-11(2,3)14-8-10(12)9-5-6-13-7-9/h9-10,12H,4-8H2,1-3H3. The Morgan fingerprint density at radius 2 is 2.29 bits per heavy atom. The molecule has 1 aliphatic rings. The van der Waals surface area contributed by atoms with Gasteiger partial charge in [-0.25, -0.2) is 0 Å². The van der Waals surface area contributed by atoms with Crippen LogP contribution in [0.25, 0.3) is 0 Å². The minimum atomic E-state index is -0.372. The fourth-order valence-corrected chi connectivity index (χ4v) is 1.41. The monoisotopic (exact) mass is 202 g/mol. The first-order valence-electron chi connectivity index (χ1n) is 5.45. The molecule has 0 aromatic rings. The zero-order valence-corrected chi connectivity index (χ0v) is 9.45. The zero-order chi connectivity index (χ0) is 10.6. The van der Waals surface area contributed by atoms with Gasteiger partial charge in [0.25, 0.3) is 0 Å². The molecular weight excluding hydrogens is 180 g/mol. The third kappa shape index (κ3) is 3.56. The highest BCUT2D eigenvalue weighted by molar-refractivity contribution is 4.74. The molecular formula is C11H22O3. The molecule has 1 saturated heterocycles. The van der Waals surface area contributed by atoms with Crippen LogP contribution >= 0.6 is 0 Å². The lowest BCUT2D eigenvalue weighted by molar-refractivity contribution is -0.0753. The van der Waals surface area contributed by atoms with Crippen LogP contribution in [0.1, 0.15) is 33.6 Å². The molecule has 1 heterocycles. The molecule has 2 unspecified atom stereocenters. The van der Waals surface area contributed by atoms with Crippen LogP contribution in [0.15, 0.2) is 0 Å². The van der Waals surface area contributed by atoms with Crippen LogP contribution in [0, 0.1) is 5.92 Å². The van der Waals surface area contributed by atoms with Crippen molar-refractivity contribution in [1.82, 2.24) is 0 Å². The maximum Gasteiger partial charge on any atom is 0.0824 e. The SMILES string of the molecule is CCC(C)(C)OCC(O)C1CCOC1. The Kier molecular flexibility index (Phi) is 4.35. The third-order valence-corrected chi connectivity index (χ3v) is 3.01. The summed E-state index contributed by atoms with van der Waals surface area (Å²) in [5.41, 5.74) is -0.125. The van der Waals surface area contributed by atoms with E-state index >= 15 is 0 Å². The summed E-state index contributed by atoms with van der Waals surface area (Å²) >= 11 is 0. The molecule has 1 fully saturated rings. The first-order chi connectivity index (χ1) is 6.55. The molecule has 0 aromatic carbocycles. The van der Waals surface area contributed by atoms with Gasteiger partial charge in [0, 0.05) is 12.5 Å². The second kappa shape index (κ2) is 5.10. The van der Waals surface area contributed by atoms with E-state index in [9.17, 15) is 5.11 Å². The topological polar surface area (TPSA) is 38.7 Å². The van der Waals surface area contributed by atoms with Gasteiger partial charge in [0.1, 0.15) is 0 Å². The van der Waals surface area contributed by atoms with E-state index in [1.54, 1.807) is 0 Å². The van der Waals surface area contributed by atoms with Crippen molar-refractivity contribution in [3.8, 4) is 0 Å². The van der Waals surface area contributed by atoms with E-state index in [0.29, 0.717) is 13.2 Å².